The second-order valence-electron chi connectivity index (χ2n) is 4.71. The standard InChI is InChI=1S/C18H9N2O5/c19-10-13-6-7-15(24-17(21)12-4-2-1-3-5-12)20-16(13)25-18(22)14-8-9-23-11-14/h1-8,11H. The van der Waals surface area contributed by atoms with E-state index < -0.39 is 11.9 Å². The third-order valence-corrected chi connectivity index (χ3v) is 3.06. The van der Waals surface area contributed by atoms with Crippen LogP contribution in [0.25, 0.3) is 0 Å². The first-order valence-electron chi connectivity index (χ1n) is 7.02. The van der Waals surface area contributed by atoms with Crippen molar-refractivity contribution in [2.24, 2.45) is 0 Å². The van der Waals surface area contributed by atoms with E-state index in [1.54, 1.807) is 30.3 Å². The summed E-state index contributed by atoms with van der Waals surface area (Å²) in [6.45, 7) is 0. The number of ether oxygens (including phenoxy) is 2. The fraction of sp³-hybridized carbons (Fsp3) is 0. The Morgan fingerprint density at radius 2 is 1.80 bits per heavy atom. The largest absolute Gasteiger partial charge is 0.460 e. The van der Waals surface area contributed by atoms with Gasteiger partial charge in [0.25, 0.3) is 0 Å². The number of carbonyl (C=O) groups is 2. The summed E-state index contributed by atoms with van der Waals surface area (Å²) in [7, 11) is 0. The van der Waals surface area contributed by atoms with Crippen molar-refractivity contribution in [1.82, 2.24) is 4.98 Å². The van der Waals surface area contributed by atoms with Gasteiger partial charge >= 0.3 is 11.9 Å². The number of hydrogen-bond donors (Lipinski definition) is 0. The van der Waals surface area contributed by atoms with Crippen LogP contribution >= 0.6 is 0 Å². The lowest BCUT2D eigenvalue weighted by atomic mass is 10.2. The van der Waals surface area contributed by atoms with Gasteiger partial charge in [0.05, 0.1) is 11.1 Å². The van der Waals surface area contributed by atoms with E-state index in [-0.39, 0.29) is 22.9 Å². The van der Waals surface area contributed by atoms with Crippen molar-refractivity contribution in [3.63, 3.8) is 0 Å². The molecule has 0 saturated carbocycles. The van der Waals surface area contributed by atoms with E-state index in [0.29, 0.717) is 5.56 Å². The van der Waals surface area contributed by atoms with E-state index in [2.05, 4.69) is 15.7 Å². The minimum absolute atomic E-state index is 0.0142. The highest BCUT2D eigenvalue weighted by atomic mass is 16.6. The predicted octanol–water partition coefficient (Wildman–Crippen LogP) is 2.78. The molecule has 0 N–H and O–H groups in total. The molecule has 121 valence electrons. The normalized spacial score (nSPS) is 9.88. The van der Waals surface area contributed by atoms with Gasteiger partial charge in [0.1, 0.15) is 17.9 Å². The van der Waals surface area contributed by atoms with Crippen molar-refractivity contribution >= 4 is 11.9 Å². The van der Waals surface area contributed by atoms with E-state index >= 15 is 0 Å². The van der Waals surface area contributed by atoms with Crippen molar-refractivity contribution in [2.75, 3.05) is 0 Å². The fourth-order valence-corrected chi connectivity index (χ4v) is 1.85. The van der Waals surface area contributed by atoms with E-state index in [9.17, 15) is 9.59 Å². The second-order valence-corrected chi connectivity index (χ2v) is 4.71. The minimum atomic E-state index is -0.777. The van der Waals surface area contributed by atoms with Crippen LogP contribution in [-0.4, -0.2) is 16.9 Å². The molecule has 0 unspecified atom stereocenters. The molecule has 0 bridgehead atoms. The third-order valence-electron chi connectivity index (χ3n) is 3.06. The quantitative estimate of drug-likeness (QED) is 0.676. The van der Waals surface area contributed by atoms with Gasteiger partial charge in [-0.25, -0.2) is 9.59 Å². The molecule has 3 aromatic rings. The van der Waals surface area contributed by atoms with E-state index in [0.717, 1.165) is 6.26 Å². The maximum Gasteiger partial charge on any atom is 0.348 e. The van der Waals surface area contributed by atoms with E-state index in [1.807, 2.05) is 6.07 Å². The first kappa shape index (κ1) is 16.0. The van der Waals surface area contributed by atoms with Crippen molar-refractivity contribution in [3.05, 3.63) is 77.7 Å². The molecule has 1 radical (unpaired) electrons. The molecule has 0 amide bonds. The Morgan fingerprint density at radius 1 is 1.04 bits per heavy atom. The number of esters is 2. The average Bonchev–Trinajstić information content (AvgIpc) is 3.17. The van der Waals surface area contributed by atoms with Crippen LogP contribution in [-0.2, 0) is 0 Å². The summed E-state index contributed by atoms with van der Waals surface area (Å²) >= 11 is 0. The van der Waals surface area contributed by atoms with Gasteiger partial charge in [0.15, 0.2) is 6.26 Å². The molecule has 0 atom stereocenters. The summed E-state index contributed by atoms with van der Waals surface area (Å²) in [5.41, 5.74) is 0.457. The van der Waals surface area contributed by atoms with Crippen molar-refractivity contribution in [1.29, 1.82) is 5.26 Å². The zero-order chi connectivity index (χ0) is 17.6. The summed E-state index contributed by atoms with van der Waals surface area (Å²) in [6.07, 6.45) is 3.50. The number of nitrogens with zero attached hydrogens (tertiary/aromatic N) is 2. The number of nitriles is 1. The van der Waals surface area contributed by atoms with E-state index in [4.69, 9.17) is 14.7 Å². The Kier molecular flexibility index (Phi) is 4.53. The van der Waals surface area contributed by atoms with Gasteiger partial charge in [-0.15, -0.1) is 0 Å². The fourth-order valence-electron chi connectivity index (χ4n) is 1.85. The van der Waals surface area contributed by atoms with Gasteiger partial charge in [-0.05, 0) is 18.2 Å². The zero-order valence-corrected chi connectivity index (χ0v) is 12.6. The molecular formula is C18H9N2O5. The molecule has 1 aromatic carbocycles. The van der Waals surface area contributed by atoms with E-state index in [1.165, 1.54) is 18.2 Å². The highest BCUT2D eigenvalue weighted by molar-refractivity contribution is 5.91. The predicted molar refractivity (Wildman–Crippen MR) is 82.9 cm³/mol. The summed E-state index contributed by atoms with van der Waals surface area (Å²) in [6, 6.07) is 14.1. The molecule has 0 aliphatic heterocycles. The maximum atomic E-state index is 12.0. The average molecular weight is 333 g/mol. The van der Waals surface area contributed by atoms with Gasteiger partial charge in [0.2, 0.25) is 11.8 Å². The van der Waals surface area contributed by atoms with Gasteiger partial charge < -0.3 is 13.9 Å². The van der Waals surface area contributed by atoms with Crippen LogP contribution in [0.2, 0.25) is 0 Å². The van der Waals surface area contributed by atoms with Crippen LogP contribution in [0.15, 0.2) is 59.2 Å². The van der Waals surface area contributed by atoms with Gasteiger partial charge in [0, 0.05) is 12.1 Å². The Balaban J connectivity index is 1.81. The zero-order valence-electron chi connectivity index (χ0n) is 12.6. The van der Waals surface area contributed by atoms with Gasteiger partial charge in [-0.1, -0.05) is 18.2 Å². The monoisotopic (exact) mass is 333 g/mol. The molecule has 0 aliphatic rings. The molecule has 7 nitrogen and oxygen atoms in total. The molecule has 0 fully saturated rings. The minimum Gasteiger partial charge on any atom is -0.460 e. The smallest absolute Gasteiger partial charge is 0.348 e. The number of benzene rings is 1. The van der Waals surface area contributed by atoms with Gasteiger partial charge in [-0.3, -0.25) is 0 Å². The Morgan fingerprint density at radius 3 is 2.48 bits per heavy atom. The van der Waals surface area contributed by atoms with Crippen molar-refractivity contribution in [3.8, 4) is 17.8 Å². The molecular weight excluding hydrogens is 324 g/mol. The number of hydrogen-bond acceptors (Lipinski definition) is 7. The van der Waals surface area contributed by atoms with Crippen LogP contribution in [0.4, 0.5) is 0 Å². The SMILES string of the molecule is N#Cc1ccc(OC(=O)c2ccccc2)nc1OC(=O)c1c[c]oc1. The number of rotatable bonds is 4. The lowest BCUT2D eigenvalue weighted by Gasteiger charge is -2.07. The van der Waals surface area contributed by atoms with Crippen LogP contribution in [0, 0.1) is 17.6 Å². The summed E-state index contributed by atoms with van der Waals surface area (Å²) in [5, 5.41) is 9.10. The van der Waals surface area contributed by atoms with Gasteiger partial charge in [-0.2, -0.15) is 10.2 Å². The first-order valence-corrected chi connectivity index (χ1v) is 7.02. The topological polar surface area (TPSA) is 102 Å². The van der Waals surface area contributed by atoms with Crippen LogP contribution in [0.1, 0.15) is 26.3 Å². The summed E-state index contributed by atoms with van der Waals surface area (Å²) < 4.78 is 14.9. The third kappa shape index (κ3) is 3.71. The summed E-state index contributed by atoms with van der Waals surface area (Å²) in [5.74, 6) is -1.78. The first-order chi connectivity index (χ1) is 12.2. The highest BCUT2D eigenvalue weighted by Gasteiger charge is 2.17. The Labute approximate surface area is 142 Å². The highest BCUT2D eigenvalue weighted by Crippen LogP contribution is 2.21. The molecule has 2 heterocycles. The molecule has 2 aromatic heterocycles. The van der Waals surface area contributed by atoms with Crippen LogP contribution < -0.4 is 9.47 Å². The summed E-state index contributed by atoms with van der Waals surface area (Å²) in [4.78, 5) is 27.9. The van der Waals surface area contributed by atoms with Crippen molar-refractivity contribution in [2.45, 2.75) is 0 Å². The number of carbonyl (C=O) groups excluding carboxylic acids is 2. The Hall–Kier alpha value is -3.92. The number of aromatic nitrogens is 1. The van der Waals surface area contributed by atoms with Crippen LogP contribution in [0.5, 0.6) is 11.8 Å². The maximum absolute atomic E-state index is 12.0. The molecule has 3 rings (SSSR count). The Bertz CT molecular complexity index is 943. The molecule has 0 saturated heterocycles. The molecule has 7 heteroatoms. The molecule has 0 aliphatic carbocycles. The lowest BCUT2D eigenvalue weighted by Crippen LogP contribution is -2.12. The molecule has 0 spiro atoms. The molecule has 25 heavy (non-hydrogen) atoms. The van der Waals surface area contributed by atoms with Crippen molar-refractivity contribution < 1.29 is 23.5 Å². The van der Waals surface area contributed by atoms with Crippen LogP contribution in [0.3, 0.4) is 0 Å². The lowest BCUT2D eigenvalue weighted by molar-refractivity contribution is 0.0717. The number of pyridine rings is 1. The second kappa shape index (κ2) is 7.10. The number of furan rings is 1.